The fourth-order valence-corrected chi connectivity index (χ4v) is 1.82. The van der Waals surface area contributed by atoms with Crippen LogP contribution in [0.5, 0.6) is 5.75 Å². The summed E-state index contributed by atoms with van der Waals surface area (Å²) in [5, 5.41) is 8.88. The average molecular weight is 310 g/mol. The fourth-order valence-electron chi connectivity index (χ4n) is 1.39. The Morgan fingerprint density at radius 1 is 1.59 bits per heavy atom. The third-order valence-electron chi connectivity index (χ3n) is 2.26. The molecule has 1 atom stereocenters. The van der Waals surface area contributed by atoms with Gasteiger partial charge in [0.2, 0.25) is 0 Å². The Morgan fingerprint density at radius 3 is 2.59 bits per heavy atom. The molecule has 0 bridgehead atoms. The molecule has 0 spiro atoms. The molecule has 0 radical (unpaired) electrons. The Hall–Kier alpha value is -1.21. The normalized spacial score (nSPS) is 12.3. The number of methoxy groups -OCH3 is 1. The molecule has 1 rings (SSSR count). The summed E-state index contributed by atoms with van der Waals surface area (Å²) >= 11 is 2.86. The number of nitrogens with two attached hydrogens (primary N) is 1. The summed E-state index contributed by atoms with van der Waals surface area (Å²) in [6, 6.07) is 1.05. The van der Waals surface area contributed by atoms with Gasteiger partial charge in [-0.1, -0.05) is 0 Å². The Bertz CT molecular complexity index is 454. The number of halogens is 3. The van der Waals surface area contributed by atoms with E-state index >= 15 is 0 Å². The van der Waals surface area contributed by atoms with Gasteiger partial charge >= 0.3 is 5.97 Å². The first-order valence-electron chi connectivity index (χ1n) is 4.58. The lowest BCUT2D eigenvalue weighted by atomic mass is 9.98. The van der Waals surface area contributed by atoms with E-state index in [0.29, 0.717) is 0 Å². The second kappa shape index (κ2) is 5.42. The van der Waals surface area contributed by atoms with Gasteiger partial charge in [-0.2, -0.15) is 0 Å². The van der Waals surface area contributed by atoms with Crippen molar-refractivity contribution in [2.45, 2.75) is 5.92 Å². The number of hydrogen-bond acceptors (Lipinski definition) is 3. The van der Waals surface area contributed by atoms with Crippen molar-refractivity contribution >= 4 is 21.9 Å². The van der Waals surface area contributed by atoms with Crippen molar-refractivity contribution in [1.29, 1.82) is 0 Å². The first-order valence-corrected chi connectivity index (χ1v) is 5.37. The third-order valence-corrected chi connectivity index (χ3v) is 2.83. The number of carbonyl (C=O) groups is 1. The van der Waals surface area contributed by atoms with Gasteiger partial charge in [0.25, 0.3) is 0 Å². The van der Waals surface area contributed by atoms with Crippen LogP contribution in [0.2, 0.25) is 0 Å². The summed E-state index contributed by atoms with van der Waals surface area (Å²) in [5.41, 5.74) is 5.04. The number of hydrogen-bond donors (Lipinski definition) is 2. The molecule has 0 aliphatic carbocycles. The molecule has 0 amide bonds. The van der Waals surface area contributed by atoms with Gasteiger partial charge in [-0.05, 0) is 22.0 Å². The molecule has 94 valence electrons. The number of carboxylic acids is 1. The van der Waals surface area contributed by atoms with Crippen LogP contribution in [-0.2, 0) is 4.79 Å². The molecular formula is C10H10BrF2NO3. The van der Waals surface area contributed by atoms with Gasteiger partial charge in [-0.25, -0.2) is 8.78 Å². The van der Waals surface area contributed by atoms with Crippen LogP contribution in [0.3, 0.4) is 0 Å². The van der Waals surface area contributed by atoms with Gasteiger partial charge in [-0.15, -0.1) is 0 Å². The summed E-state index contributed by atoms with van der Waals surface area (Å²) in [6.45, 7) is -0.298. The summed E-state index contributed by atoms with van der Waals surface area (Å²) in [7, 11) is 1.09. The van der Waals surface area contributed by atoms with Gasteiger partial charge in [0.05, 0.1) is 17.5 Å². The molecule has 7 heteroatoms. The molecule has 17 heavy (non-hydrogen) atoms. The van der Waals surface area contributed by atoms with Crippen molar-refractivity contribution in [2.24, 2.45) is 5.73 Å². The molecule has 1 unspecified atom stereocenters. The Balaban J connectivity index is 3.44. The Morgan fingerprint density at radius 2 is 2.18 bits per heavy atom. The third kappa shape index (κ3) is 2.55. The van der Waals surface area contributed by atoms with E-state index in [2.05, 4.69) is 20.7 Å². The van der Waals surface area contributed by atoms with E-state index in [-0.39, 0.29) is 16.6 Å². The molecule has 0 aliphatic heterocycles. The van der Waals surface area contributed by atoms with Gasteiger partial charge < -0.3 is 15.6 Å². The fraction of sp³-hybridized carbons (Fsp3) is 0.300. The first-order chi connectivity index (χ1) is 7.93. The van der Waals surface area contributed by atoms with Crippen LogP contribution < -0.4 is 10.5 Å². The van der Waals surface area contributed by atoms with Gasteiger partial charge in [0.15, 0.2) is 17.4 Å². The molecule has 0 fully saturated rings. The van der Waals surface area contributed by atoms with Crippen molar-refractivity contribution < 1.29 is 23.4 Å². The number of aliphatic carboxylic acids is 1. The van der Waals surface area contributed by atoms with E-state index in [0.717, 1.165) is 13.2 Å². The highest BCUT2D eigenvalue weighted by Gasteiger charge is 2.27. The molecule has 0 aromatic heterocycles. The largest absolute Gasteiger partial charge is 0.491 e. The van der Waals surface area contributed by atoms with E-state index in [1.165, 1.54) is 0 Å². The summed E-state index contributed by atoms with van der Waals surface area (Å²) in [5.74, 6) is -5.14. The SMILES string of the molecule is COc1c(F)c(Br)cc(C(CN)C(=O)O)c1F. The number of benzene rings is 1. The quantitative estimate of drug-likeness (QED) is 0.833. The second-order valence-corrected chi connectivity index (χ2v) is 4.09. The zero-order valence-electron chi connectivity index (χ0n) is 8.84. The van der Waals surface area contributed by atoms with Crippen molar-refractivity contribution in [3.05, 3.63) is 27.7 Å². The standard InChI is InChI=1S/C10H10BrF2NO3/c1-17-9-7(12)4(2-6(11)8(9)13)5(3-14)10(15)16/h2,5H,3,14H2,1H3,(H,15,16). The maximum atomic E-state index is 13.8. The topological polar surface area (TPSA) is 72.5 Å². The smallest absolute Gasteiger partial charge is 0.312 e. The molecule has 0 saturated carbocycles. The monoisotopic (exact) mass is 309 g/mol. The zero-order valence-corrected chi connectivity index (χ0v) is 10.4. The molecule has 1 aromatic rings. The maximum absolute atomic E-state index is 13.8. The molecule has 0 heterocycles. The summed E-state index contributed by atoms with van der Waals surface area (Å²) < 4.78 is 31.7. The van der Waals surface area contributed by atoms with Crippen molar-refractivity contribution in [3.8, 4) is 5.75 Å². The Labute approximate surface area is 104 Å². The van der Waals surface area contributed by atoms with E-state index in [9.17, 15) is 13.6 Å². The van der Waals surface area contributed by atoms with Crippen LogP contribution in [0.4, 0.5) is 8.78 Å². The second-order valence-electron chi connectivity index (χ2n) is 3.24. The number of carboxylic acid groups (broad SMARTS) is 1. The van der Waals surface area contributed by atoms with Gasteiger partial charge in [0, 0.05) is 12.1 Å². The molecule has 1 aromatic carbocycles. The van der Waals surface area contributed by atoms with E-state index < -0.39 is 29.3 Å². The van der Waals surface area contributed by atoms with E-state index in [1.54, 1.807) is 0 Å². The van der Waals surface area contributed by atoms with Gasteiger partial charge in [-0.3, -0.25) is 4.79 Å². The summed E-state index contributed by atoms with van der Waals surface area (Å²) in [4.78, 5) is 10.9. The van der Waals surface area contributed by atoms with E-state index in [1.807, 2.05) is 0 Å². The first kappa shape index (κ1) is 13.9. The van der Waals surface area contributed by atoms with Crippen molar-refractivity contribution in [2.75, 3.05) is 13.7 Å². The molecule has 3 N–H and O–H groups in total. The highest BCUT2D eigenvalue weighted by atomic mass is 79.9. The van der Waals surface area contributed by atoms with E-state index in [4.69, 9.17) is 10.8 Å². The lowest BCUT2D eigenvalue weighted by Gasteiger charge is -2.14. The van der Waals surface area contributed by atoms with Crippen molar-refractivity contribution in [1.82, 2.24) is 0 Å². The minimum atomic E-state index is -1.29. The minimum absolute atomic E-state index is 0.0783. The average Bonchev–Trinajstić information content (AvgIpc) is 2.26. The molecule has 0 aliphatic rings. The predicted molar refractivity (Wildman–Crippen MR) is 60.0 cm³/mol. The van der Waals surface area contributed by atoms with Crippen LogP contribution in [0.1, 0.15) is 11.5 Å². The molecule has 4 nitrogen and oxygen atoms in total. The molecule has 0 saturated heterocycles. The van der Waals surface area contributed by atoms with Crippen molar-refractivity contribution in [3.63, 3.8) is 0 Å². The van der Waals surface area contributed by atoms with Crippen LogP contribution in [-0.4, -0.2) is 24.7 Å². The molecular weight excluding hydrogens is 300 g/mol. The zero-order chi connectivity index (χ0) is 13.2. The van der Waals surface area contributed by atoms with Crippen LogP contribution in [0.15, 0.2) is 10.5 Å². The maximum Gasteiger partial charge on any atom is 0.312 e. The lowest BCUT2D eigenvalue weighted by molar-refractivity contribution is -0.138. The Kier molecular flexibility index (Phi) is 4.41. The lowest BCUT2D eigenvalue weighted by Crippen LogP contribution is -2.22. The highest BCUT2D eigenvalue weighted by Crippen LogP contribution is 2.34. The van der Waals surface area contributed by atoms with Crippen LogP contribution in [0.25, 0.3) is 0 Å². The number of rotatable bonds is 4. The predicted octanol–water partition coefficient (Wildman–Crippen LogP) is 1.86. The highest BCUT2D eigenvalue weighted by molar-refractivity contribution is 9.10. The van der Waals surface area contributed by atoms with Gasteiger partial charge in [0.1, 0.15) is 0 Å². The summed E-state index contributed by atoms with van der Waals surface area (Å²) in [6.07, 6.45) is 0. The minimum Gasteiger partial charge on any atom is -0.491 e. The van der Waals surface area contributed by atoms with Crippen LogP contribution >= 0.6 is 15.9 Å². The van der Waals surface area contributed by atoms with Crippen LogP contribution in [0, 0.1) is 11.6 Å². The number of ether oxygens (including phenoxy) is 1.